The molecule has 0 saturated heterocycles. The van der Waals surface area contributed by atoms with Crippen LogP contribution in [-0.2, 0) is 28.4 Å². The molecule has 10 nitrogen and oxygen atoms in total. The van der Waals surface area contributed by atoms with E-state index in [1.165, 1.54) is 0 Å². The zero-order chi connectivity index (χ0) is 26.4. The fraction of sp³-hybridized carbons (Fsp3) is 0.571. The second kappa shape index (κ2) is 20.4. The van der Waals surface area contributed by atoms with Gasteiger partial charge in [0.15, 0.2) is 0 Å². The molecule has 0 amide bonds. The summed E-state index contributed by atoms with van der Waals surface area (Å²) in [7, 11) is 0. The normalized spacial score (nSPS) is 19.2. The van der Waals surface area contributed by atoms with Gasteiger partial charge in [0.1, 0.15) is 49.4 Å². The molecule has 212 valence electrons. The van der Waals surface area contributed by atoms with Crippen LogP contribution in [0.1, 0.15) is 0 Å². The Morgan fingerprint density at radius 1 is 0.289 bits per heavy atom. The van der Waals surface area contributed by atoms with Gasteiger partial charge in [-0.2, -0.15) is 0 Å². The highest BCUT2D eigenvalue weighted by atomic mass is 16.6. The second-order valence-corrected chi connectivity index (χ2v) is 8.01. The largest absolute Gasteiger partial charge is 0.491 e. The van der Waals surface area contributed by atoms with E-state index in [-0.39, 0.29) is 0 Å². The second-order valence-electron chi connectivity index (χ2n) is 8.01. The van der Waals surface area contributed by atoms with Gasteiger partial charge in [-0.25, -0.2) is 0 Å². The van der Waals surface area contributed by atoms with E-state index in [0.717, 1.165) is 23.0 Å². The summed E-state index contributed by atoms with van der Waals surface area (Å²) >= 11 is 0. The average Bonchev–Trinajstić information content (AvgIpc) is 2.94. The summed E-state index contributed by atoms with van der Waals surface area (Å²) in [6, 6.07) is 15.0. The zero-order valence-corrected chi connectivity index (χ0v) is 22.0. The highest BCUT2D eigenvalue weighted by Gasteiger charge is 2.01. The van der Waals surface area contributed by atoms with Crippen LogP contribution in [0, 0.1) is 0 Å². The van der Waals surface area contributed by atoms with E-state index in [4.69, 9.17) is 47.4 Å². The predicted molar refractivity (Wildman–Crippen MR) is 140 cm³/mol. The fourth-order valence-electron chi connectivity index (χ4n) is 3.24. The standard InChI is InChI=1S/C28H40O10/c1-2-27-24-28(3-1)38-23-19-34-15-11-30-9-13-32-17-21-36-26-6-4-25(5-7-26)35-20-16-31-12-8-29-10-14-33-18-22-37-27/h1-7,24H,8-23H2. The Kier molecular flexibility index (Phi) is 16.1. The van der Waals surface area contributed by atoms with Gasteiger partial charge < -0.3 is 47.4 Å². The Hall–Kier alpha value is -2.60. The van der Waals surface area contributed by atoms with Crippen LogP contribution in [0.25, 0.3) is 0 Å². The summed E-state index contributed by atoms with van der Waals surface area (Å²) in [6.07, 6.45) is 0. The molecule has 2 heterocycles. The Morgan fingerprint density at radius 2 is 0.553 bits per heavy atom. The number of fused-ring (bicyclic) bond motifs is 26. The maximum atomic E-state index is 5.73. The minimum Gasteiger partial charge on any atom is -0.491 e. The van der Waals surface area contributed by atoms with Crippen molar-refractivity contribution in [2.75, 3.05) is 106 Å². The molecular weight excluding hydrogens is 496 g/mol. The van der Waals surface area contributed by atoms with Crippen molar-refractivity contribution >= 4 is 0 Å². The lowest BCUT2D eigenvalue weighted by Gasteiger charge is -2.11. The lowest BCUT2D eigenvalue weighted by molar-refractivity contribution is 0.00481. The number of ether oxygens (including phenoxy) is 10. The topological polar surface area (TPSA) is 92.3 Å². The molecule has 4 rings (SSSR count). The molecule has 2 aliphatic rings. The van der Waals surface area contributed by atoms with Gasteiger partial charge in [-0.3, -0.25) is 0 Å². The molecule has 2 aliphatic heterocycles. The summed E-state index contributed by atoms with van der Waals surface area (Å²) in [5.41, 5.74) is 0. The summed E-state index contributed by atoms with van der Waals surface area (Å²) < 4.78 is 56.0. The molecule has 0 radical (unpaired) electrons. The van der Waals surface area contributed by atoms with E-state index in [1.54, 1.807) is 0 Å². The van der Waals surface area contributed by atoms with Gasteiger partial charge in [0.05, 0.1) is 79.3 Å². The minimum absolute atomic E-state index is 0.441. The average molecular weight is 537 g/mol. The quantitative estimate of drug-likeness (QED) is 0.468. The SMILES string of the molecule is c1cc2cc(c1)OCCOCCOCCOCCOc1ccc(cc1)OCCOCCOCCOCCO2. The fourth-order valence-corrected chi connectivity index (χ4v) is 3.24. The first-order chi connectivity index (χ1) is 18.9. The summed E-state index contributed by atoms with van der Waals surface area (Å²) in [4.78, 5) is 0. The van der Waals surface area contributed by atoms with Crippen molar-refractivity contribution in [1.82, 2.24) is 0 Å². The number of benzene rings is 2. The van der Waals surface area contributed by atoms with Crippen molar-refractivity contribution in [2.24, 2.45) is 0 Å². The zero-order valence-electron chi connectivity index (χ0n) is 22.0. The van der Waals surface area contributed by atoms with E-state index in [0.29, 0.717) is 106 Å². The van der Waals surface area contributed by atoms with Crippen LogP contribution in [0.4, 0.5) is 0 Å². The molecule has 0 atom stereocenters. The molecule has 38 heavy (non-hydrogen) atoms. The van der Waals surface area contributed by atoms with E-state index in [2.05, 4.69) is 0 Å². The van der Waals surface area contributed by atoms with Gasteiger partial charge in [-0.15, -0.1) is 0 Å². The van der Waals surface area contributed by atoms with Crippen LogP contribution in [0.15, 0.2) is 48.5 Å². The highest BCUT2D eigenvalue weighted by Crippen LogP contribution is 2.19. The summed E-state index contributed by atoms with van der Waals surface area (Å²) in [6.45, 7) is 7.68. The Balaban J connectivity index is 1.33. The third kappa shape index (κ3) is 14.4. The Morgan fingerprint density at radius 3 is 0.868 bits per heavy atom. The maximum Gasteiger partial charge on any atom is 0.123 e. The molecule has 4 bridgehead atoms. The molecule has 2 aromatic rings. The molecule has 0 aliphatic carbocycles. The van der Waals surface area contributed by atoms with Crippen molar-refractivity contribution in [3.63, 3.8) is 0 Å². The molecule has 0 N–H and O–H groups in total. The van der Waals surface area contributed by atoms with E-state index in [9.17, 15) is 0 Å². The van der Waals surface area contributed by atoms with Crippen molar-refractivity contribution in [3.05, 3.63) is 48.5 Å². The van der Waals surface area contributed by atoms with Crippen molar-refractivity contribution < 1.29 is 47.4 Å². The Bertz CT molecular complexity index is 768. The van der Waals surface area contributed by atoms with Crippen LogP contribution in [0.2, 0.25) is 0 Å². The Labute approximate surface area is 224 Å². The molecule has 2 aromatic carbocycles. The number of hydrogen-bond acceptors (Lipinski definition) is 10. The molecule has 0 spiro atoms. The number of rotatable bonds is 0. The maximum absolute atomic E-state index is 5.73. The van der Waals surface area contributed by atoms with E-state index >= 15 is 0 Å². The summed E-state index contributed by atoms with van der Waals surface area (Å²) in [5.74, 6) is 2.98. The smallest absolute Gasteiger partial charge is 0.123 e. The molecule has 0 aromatic heterocycles. The van der Waals surface area contributed by atoms with Crippen LogP contribution in [0.3, 0.4) is 0 Å². The van der Waals surface area contributed by atoms with E-state index < -0.39 is 0 Å². The van der Waals surface area contributed by atoms with Crippen molar-refractivity contribution in [1.29, 1.82) is 0 Å². The van der Waals surface area contributed by atoms with Gasteiger partial charge in [0.2, 0.25) is 0 Å². The molecule has 10 heteroatoms. The molecule has 0 saturated carbocycles. The van der Waals surface area contributed by atoms with Crippen molar-refractivity contribution in [2.45, 2.75) is 0 Å². The van der Waals surface area contributed by atoms with Gasteiger partial charge in [-0.1, -0.05) is 6.07 Å². The predicted octanol–water partition coefficient (Wildman–Crippen LogP) is 3.02. The monoisotopic (exact) mass is 536 g/mol. The van der Waals surface area contributed by atoms with Gasteiger partial charge in [-0.05, 0) is 36.4 Å². The van der Waals surface area contributed by atoms with Crippen LogP contribution in [0.5, 0.6) is 23.0 Å². The first kappa shape index (κ1) is 29.9. The minimum atomic E-state index is 0.441. The molecule has 0 unspecified atom stereocenters. The van der Waals surface area contributed by atoms with Crippen molar-refractivity contribution in [3.8, 4) is 23.0 Å². The van der Waals surface area contributed by atoms with Crippen LogP contribution in [-0.4, -0.2) is 106 Å². The van der Waals surface area contributed by atoms with Gasteiger partial charge in [0.25, 0.3) is 0 Å². The van der Waals surface area contributed by atoms with Crippen LogP contribution < -0.4 is 18.9 Å². The molecule has 0 fully saturated rings. The first-order valence-electron chi connectivity index (χ1n) is 13.1. The summed E-state index contributed by atoms with van der Waals surface area (Å²) in [5, 5.41) is 0. The lowest BCUT2D eigenvalue weighted by atomic mass is 10.3. The molecular formula is C28H40O10. The first-order valence-corrected chi connectivity index (χ1v) is 13.1. The van der Waals surface area contributed by atoms with E-state index in [1.807, 2.05) is 48.5 Å². The lowest BCUT2D eigenvalue weighted by Crippen LogP contribution is -2.14. The van der Waals surface area contributed by atoms with Gasteiger partial charge >= 0.3 is 0 Å². The third-order valence-electron chi connectivity index (χ3n) is 5.10. The van der Waals surface area contributed by atoms with Crippen LogP contribution >= 0.6 is 0 Å². The number of hydrogen-bond donors (Lipinski definition) is 0. The highest BCUT2D eigenvalue weighted by molar-refractivity contribution is 5.33. The third-order valence-corrected chi connectivity index (χ3v) is 5.10. The van der Waals surface area contributed by atoms with Gasteiger partial charge in [0, 0.05) is 6.07 Å².